The highest BCUT2D eigenvalue weighted by Gasteiger charge is 2.37. The molecule has 0 radical (unpaired) electrons. The van der Waals surface area contributed by atoms with Crippen LogP contribution in [0.1, 0.15) is 20.7 Å². The fourth-order valence-electron chi connectivity index (χ4n) is 3.01. The molecular weight excluding hydrogens is 346 g/mol. The molecule has 0 fully saturated rings. The maximum atomic E-state index is 12.7. The Morgan fingerprint density at radius 1 is 0.815 bits per heavy atom. The summed E-state index contributed by atoms with van der Waals surface area (Å²) >= 11 is 0. The molecule has 0 spiro atoms. The fraction of sp³-hybridized carbons (Fsp3) is 0. The van der Waals surface area contributed by atoms with Crippen LogP contribution in [0.2, 0.25) is 0 Å². The molecule has 3 heterocycles. The Morgan fingerprint density at radius 2 is 1.56 bits per heavy atom. The Balaban J connectivity index is 1.53. The van der Waals surface area contributed by atoms with Gasteiger partial charge in [-0.15, -0.1) is 10.2 Å². The number of hydrogen-bond acceptors (Lipinski definition) is 6. The van der Waals surface area contributed by atoms with Crippen LogP contribution in [0.4, 0.5) is 0 Å². The van der Waals surface area contributed by atoms with Gasteiger partial charge < -0.3 is 4.42 Å². The SMILES string of the molecule is O=C1c2ccc(-c3ncc(-c4ccccc4)o3)cc2C(=O)N1n1cnnc1. The van der Waals surface area contributed by atoms with E-state index in [1.807, 2.05) is 30.3 Å². The van der Waals surface area contributed by atoms with Crippen LogP contribution < -0.4 is 5.01 Å². The summed E-state index contributed by atoms with van der Waals surface area (Å²) in [7, 11) is 0. The van der Waals surface area contributed by atoms with Gasteiger partial charge in [-0.2, -0.15) is 5.01 Å². The van der Waals surface area contributed by atoms with E-state index in [0.29, 0.717) is 22.8 Å². The van der Waals surface area contributed by atoms with Crippen molar-refractivity contribution in [1.29, 1.82) is 0 Å². The highest BCUT2D eigenvalue weighted by Crippen LogP contribution is 2.30. The van der Waals surface area contributed by atoms with Gasteiger partial charge >= 0.3 is 0 Å². The number of carbonyl (C=O) groups excluding carboxylic acids is 2. The number of amides is 2. The van der Waals surface area contributed by atoms with Crippen molar-refractivity contribution >= 4 is 11.8 Å². The maximum absolute atomic E-state index is 12.7. The van der Waals surface area contributed by atoms with Gasteiger partial charge in [0.25, 0.3) is 11.8 Å². The number of benzene rings is 2. The van der Waals surface area contributed by atoms with Crippen LogP contribution in [0, 0.1) is 0 Å². The zero-order chi connectivity index (χ0) is 18.4. The molecule has 0 atom stereocenters. The van der Waals surface area contributed by atoms with Gasteiger partial charge in [-0.25, -0.2) is 9.66 Å². The Kier molecular flexibility index (Phi) is 3.23. The Hall–Kier alpha value is -4.07. The summed E-state index contributed by atoms with van der Waals surface area (Å²) < 4.78 is 7.08. The quantitative estimate of drug-likeness (QED) is 0.523. The highest BCUT2D eigenvalue weighted by atomic mass is 16.4. The van der Waals surface area contributed by atoms with Gasteiger partial charge in [-0.3, -0.25) is 9.59 Å². The van der Waals surface area contributed by atoms with Gasteiger partial charge in [0.1, 0.15) is 12.7 Å². The molecule has 8 nitrogen and oxygen atoms in total. The predicted molar refractivity (Wildman–Crippen MR) is 94.3 cm³/mol. The third-order valence-electron chi connectivity index (χ3n) is 4.31. The second-order valence-corrected chi connectivity index (χ2v) is 5.92. The highest BCUT2D eigenvalue weighted by molar-refractivity contribution is 6.30. The monoisotopic (exact) mass is 357 g/mol. The Bertz CT molecular complexity index is 1170. The molecule has 130 valence electrons. The number of carbonyl (C=O) groups is 2. The molecule has 1 aliphatic rings. The first-order chi connectivity index (χ1) is 13.2. The van der Waals surface area contributed by atoms with E-state index in [4.69, 9.17) is 4.42 Å². The van der Waals surface area contributed by atoms with E-state index < -0.39 is 11.8 Å². The molecule has 0 unspecified atom stereocenters. The summed E-state index contributed by atoms with van der Waals surface area (Å²) in [5.74, 6) is 0.115. The second-order valence-electron chi connectivity index (χ2n) is 5.92. The molecule has 2 aromatic carbocycles. The summed E-state index contributed by atoms with van der Waals surface area (Å²) in [4.78, 5) is 29.5. The van der Waals surface area contributed by atoms with Crippen LogP contribution >= 0.6 is 0 Å². The molecule has 2 amide bonds. The molecule has 4 aromatic rings. The third kappa shape index (κ3) is 2.35. The van der Waals surface area contributed by atoms with E-state index in [9.17, 15) is 9.59 Å². The van der Waals surface area contributed by atoms with E-state index in [1.165, 1.54) is 17.3 Å². The number of rotatable bonds is 3. The van der Waals surface area contributed by atoms with Crippen LogP contribution in [0.15, 0.2) is 71.8 Å². The lowest BCUT2D eigenvalue weighted by Crippen LogP contribution is -2.38. The van der Waals surface area contributed by atoms with Crippen LogP contribution in [0.3, 0.4) is 0 Å². The molecule has 27 heavy (non-hydrogen) atoms. The van der Waals surface area contributed by atoms with E-state index in [-0.39, 0.29) is 5.56 Å². The van der Waals surface area contributed by atoms with Crippen LogP contribution in [-0.2, 0) is 0 Å². The van der Waals surface area contributed by atoms with Crippen molar-refractivity contribution in [1.82, 2.24) is 19.9 Å². The van der Waals surface area contributed by atoms with E-state index in [1.54, 1.807) is 24.4 Å². The van der Waals surface area contributed by atoms with Gasteiger partial charge in [0, 0.05) is 11.1 Å². The standard InChI is InChI=1S/C19H11N5O3/c25-18-14-7-6-13(8-15(14)19(26)24(18)23-10-21-22-11-23)17-20-9-16(27-17)12-4-2-1-3-5-12/h1-11H. The summed E-state index contributed by atoms with van der Waals surface area (Å²) in [5.41, 5.74) is 2.11. The molecule has 0 bridgehead atoms. The maximum Gasteiger partial charge on any atom is 0.281 e. The van der Waals surface area contributed by atoms with Crippen molar-refractivity contribution in [2.45, 2.75) is 0 Å². The zero-order valence-corrected chi connectivity index (χ0v) is 13.8. The van der Waals surface area contributed by atoms with Crippen molar-refractivity contribution < 1.29 is 14.0 Å². The number of oxazole rings is 1. The minimum atomic E-state index is -0.452. The van der Waals surface area contributed by atoms with Crippen molar-refractivity contribution in [3.8, 4) is 22.8 Å². The lowest BCUT2D eigenvalue weighted by molar-refractivity contribution is 0.0886. The molecular formula is C19H11N5O3. The summed E-state index contributed by atoms with van der Waals surface area (Å²) in [5, 5.41) is 8.26. The number of nitrogens with zero attached hydrogens (tertiary/aromatic N) is 5. The molecule has 0 saturated heterocycles. The van der Waals surface area contributed by atoms with Crippen molar-refractivity contribution in [3.63, 3.8) is 0 Å². The van der Waals surface area contributed by atoms with Crippen LogP contribution in [-0.4, -0.2) is 31.7 Å². The lowest BCUT2D eigenvalue weighted by atomic mass is 10.1. The first-order valence-corrected chi connectivity index (χ1v) is 8.12. The van der Waals surface area contributed by atoms with Crippen molar-refractivity contribution in [2.75, 3.05) is 5.01 Å². The number of hydrogen-bond donors (Lipinski definition) is 0. The van der Waals surface area contributed by atoms with Gasteiger partial charge in [0.2, 0.25) is 5.89 Å². The van der Waals surface area contributed by atoms with Gasteiger partial charge in [0.05, 0.1) is 17.3 Å². The van der Waals surface area contributed by atoms with Crippen LogP contribution in [0.25, 0.3) is 22.8 Å². The molecule has 8 heteroatoms. The van der Waals surface area contributed by atoms with Gasteiger partial charge in [-0.05, 0) is 18.2 Å². The lowest BCUT2D eigenvalue weighted by Gasteiger charge is -2.12. The minimum absolute atomic E-state index is 0.283. The summed E-state index contributed by atoms with van der Waals surface area (Å²) in [6.07, 6.45) is 4.22. The Labute approximate surface area is 152 Å². The first-order valence-electron chi connectivity index (χ1n) is 8.12. The minimum Gasteiger partial charge on any atom is -0.436 e. The van der Waals surface area contributed by atoms with Gasteiger partial charge in [0.15, 0.2) is 5.76 Å². The van der Waals surface area contributed by atoms with E-state index in [0.717, 1.165) is 10.6 Å². The average Bonchev–Trinajstić information content (AvgIpc) is 3.44. The molecule has 0 saturated carbocycles. The van der Waals surface area contributed by atoms with Crippen molar-refractivity contribution in [2.24, 2.45) is 0 Å². The smallest absolute Gasteiger partial charge is 0.281 e. The zero-order valence-electron chi connectivity index (χ0n) is 13.8. The molecule has 1 aliphatic heterocycles. The topological polar surface area (TPSA) is 94.1 Å². The fourth-order valence-corrected chi connectivity index (χ4v) is 3.01. The average molecular weight is 357 g/mol. The summed E-state index contributed by atoms with van der Waals surface area (Å²) in [6, 6.07) is 14.5. The predicted octanol–water partition coefficient (Wildman–Crippen LogP) is 2.53. The number of fused-ring (bicyclic) bond motifs is 1. The number of aromatic nitrogens is 4. The van der Waals surface area contributed by atoms with Gasteiger partial charge in [-0.1, -0.05) is 30.3 Å². The summed E-state index contributed by atoms with van der Waals surface area (Å²) in [6.45, 7) is 0. The van der Waals surface area contributed by atoms with Crippen LogP contribution in [0.5, 0.6) is 0 Å². The molecule has 0 aliphatic carbocycles. The largest absolute Gasteiger partial charge is 0.436 e. The Morgan fingerprint density at radius 3 is 2.33 bits per heavy atom. The normalized spacial score (nSPS) is 13.3. The van der Waals surface area contributed by atoms with Crippen molar-refractivity contribution in [3.05, 3.63) is 78.5 Å². The third-order valence-corrected chi connectivity index (χ3v) is 4.31. The number of imide groups is 1. The van der Waals surface area contributed by atoms with E-state index in [2.05, 4.69) is 15.2 Å². The molecule has 2 aromatic heterocycles. The second kappa shape index (κ2) is 5.73. The van der Waals surface area contributed by atoms with E-state index >= 15 is 0 Å². The molecule has 0 N–H and O–H groups in total. The first kappa shape index (κ1) is 15.2. The molecule has 5 rings (SSSR count).